The van der Waals surface area contributed by atoms with Crippen LogP contribution in [0.2, 0.25) is 0 Å². The quantitative estimate of drug-likeness (QED) is 0.706. The van der Waals surface area contributed by atoms with Gasteiger partial charge in [-0.2, -0.15) is 0 Å². The summed E-state index contributed by atoms with van der Waals surface area (Å²) in [4.78, 5) is 13.3. The normalized spacial score (nSPS) is 23.5. The molecule has 0 bridgehead atoms. The van der Waals surface area contributed by atoms with Gasteiger partial charge in [-0.15, -0.1) is 0 Å². The molecule has 1 rings (SSSR count). The third kappa shape index (κ3) is 3.64. The molecular weight excluding hydrogens is 180 g/mol. The number of hydrogen-bond acceptors (Lipinski definition) is 3. The maximum Gasteiger partial charge on any atom is 0.223 e. The lowest BCUT2D eigenvalue weighted by Crippen LogP contribution is -2.35. The molecule has 0 aliphatic carbocycles. The van der Waals surface area contributed by atoms with Crippen molar-refractivity contribution in [2.24, 2.45) is 11.7 Å². The Balaban J connectivity index is 2.25. The molecule has 0 radical (unpaired) electrons. The van der Waals surface area contributed by atoms with Crippen molar-refractivity contribution < 1.29 is 9.53 Å². The van der Waals surface area contributed by atoms with Crippen LogP contribution in [0.4, 0.5) is 0 Å². The van der Waals surface area contributed by atoms with Crippen molar-refractivity contribution in [2.75, 3.05) is 26.8 Å². The van der Waals surface area contributed by atoms with Crippen LogP contribution in [0.5, 0.6) is 0 Å². The van der Waals surface area contributed by atoms with E-state index in [0.717, 1.165) is 26.2 Å². The van der Waals surface area contributed by atoms with E-state index in [-0.39, 0.29) is 11.9 Å². The number of nitrogens with two attached hydrogens (primary N) is 1. The zero-order chi connectivity index (χ0) is 10.6. The number of amides is 1. The Morgan fingerprint density at radius 1 is 1.71 bits per heavy atom. The molecular formula is C10H20N2O2. The van der Waals surface area contributed by atoms with Gasteiger partial charge in [0.1, 0.15) is 0 Å². The van der Waals surface area contributed by atoms with E-state index in [1.807, 2.05) is 14.0 Å². The van der Waals surface area contributed by atoms with Crippen molar-refractivity contribution in [1.82, 2.24) is 4.90 Å². The molecule has 0 aromatic heterocycles. The Bertz CT molecular complexity index is 189. The molecule has 4 nitrogen and oxygen atoms in total. The van der Waals surface area contributed by atoms with Gasteiger partial charge in [-0.25, -0.2) is 0 Å². The highest BCUT2D eigenvalue weighted by molar-refractivity contribution is 5.76. The highest BCUT2D eigenvalue weighted by Crippen LogP contribution is 2.13. The lowest BCUT2D eigenvalue weighted by molar-refractivity contribution is -0.130. The Morgan fingerprint density at radius 2 is 2.43 bits per heavy atom. The minimum Gasteiger partial charge on any atom is -0.381 e. The van der Waals surface area contributed by atoms with Crippen LogP contribution in [-0.2, 0) is 9.53 Å². The zero-order valence-electron chi connectivity index (χ0n) is 9.03. The Hall–Kier alpha value is -0.610. The summed E-state index contributed by atoms with van der Waals surface area (Å²) in [5.74, 6) is 0.643. The number of hydrogen-bond donors (Lipinski definition) is 1. The summed E-state index contributed by atoms with van der Waals surface area (Å²) in [6, 6.07) is -0.0511. The second-order valence-electron chi connectivity index (χ2n) is 4.19. The van der Waals surface area contributed by atoms with E-state index in [2.05, 4.69) is 0 Å². The van der Waals surface area contributed by atoms with Crippen molar-refractivity contribution in [3.8, 4) is 0 Å². The van der Waals surface area contributed by atoms with Crippen molar-refractivity contribution in [3.63, 3.8) is 0 Å². The van der Waals surface area contributed by atoms with Crippen LogP contribution < -0.4 is 5.73 Å². The fourth-order valence-corrected chi connectivity index (χ4v) is 1.65. The number of rotatable bonds is 4. The van der Waals surface area contributed by atoms with Gasteiger partial charge in [0.2, 0.25) is 5.91 Å². The molecule has 2 unspecified atom stereocenters. The predicted molar refractivity (Wildman–Crippen MR) is 54.8 cm³/mol. The monoisotopic (exact) mass is 200 g/mol. The minimum absolute atomic E-state index is 0.0511. The molecule has 2 atom stereocenters. The van der Waals surface area contributed by atoms with Crippen molar-refractivity contribution in [2.45, 2.75) is 25.8 Å². The van der Waals surface area contributed by atoms with Crippen LogP contribution in [0.1, 0.15) is 19.8 Å². The molecule has 2 N–H and O–H groups in total. The molecule has 1 fully saturated rings. The van der Waals surface area contributed by atoms with E-state index in [4.69, 9.17) is 10.5 Å². The molecule has 82 valence electrons. The van der Waals surface area contributed by atoms with Crippen molar-refractivity contribution >= 4 is 5.91 Å². The minimum atomic E-state index is -0.0511. The topological polar surface area (TPSA) is 55.6 Å². The van der Waals surface area contributed by atoms with Crippen molar-refractivity contribution in [3.05, 3.63) is 0 Å². The van der Waals surface area contributed by atoms with Crippen LogP contribution in [-0.4, -0.2) is 43.7 Å². The second-order valence-corrected chi connectivity index (χ2v) is 4.19. The van der Waals surface area contributed by atoms with E-state index in [1.165, 1.54) is 0 Å². The summed E-state index contributed by atoms with van der Waals surface area (Å²) in [7, 11) is 1.84. The lowest BCUT2D eigenvalue weighted by atomic mass is 10.1. The first-order valence-electron chi connectivity index (χ1n) is 5.17. The van der Waals surface area contributed by atoms with Crippen LogP contribution in [0.15, 0.2) is 0 Å². The first-order chi connectivity index (χ1) is 6.59. The van der Waals surface area contributed by atoms with Gasteiger partial charge in [0.25, 0.3) is 0 Å². The van der Waals surface area contributed by atoms with Crippen LogP contribution in [0.3, 0.4) is 0 Å². The van der Waals surface area contributed by atoms with E-state index >= 15 is 0 Å². The van der Waals surface area contributed by atoms with Gasteiger partial charge in [0.05, 0.1) is 6.61 Å². The summed E-state index contributed by atoms with van der Waals surface area (Å²) >= 11 is 0. The smallest absolute Gasteiger partial charge is 0.223 e. The summed E-state index contributed by atoms with van der Waals surface area (Å²) in [6.07, 6.45) is 1.50. The Kier molecular flexibility index (Phi) is 4.35. The largest absolute Gasteiger partial charge is 0.381 e. The molecule has 0 saturated carbocycles. The molecule has 1 aliphatic heterocycles. The third-order valence-corrected chi connectivity index (χ3v) is 2.48. The molecule has 1 amide bonds. The first kappa shape index (κ1) is 11.5. The summed E-state index contributed by atoms with van der Waals surface area (Å²) in [5, 5.41) is 0. The molecule has 4 heteroatoms. The van der Waals surface area contributed by atoms with Gasteiger partial charge in [-0.1, -0.05) is 0 Å². The number of ether oxygens (including phenoxy) is 1. The highest BCUT2D eigenvalue weighted by atomic mass is 16.5. The number of nitrogens with zero attached hydrogens (tertiary/aromatic N) is 1. The van der Waals surface area contributed by atoms with Gasteiger partial charge >= 0.3 is 0 Å². The van der Waals surface area contributed by atoms with Gasteiger partial charge < -0.3 is 15.4 Å². The standard InChI is InChI=1S/C10H20N2O2/c1-8(11)5-10(13)12(2)6-9-3-4-14-7-9/h8-9H,3-7,11H2,1-2H3. The van der Waals surface area contributed by atoms with Crippen LogP contribution >= 0.6 is 0 Å². The van der Waals surface area contributed by atoms with E-state index in [9.17, 15) is 4.79 Å². The summed E-state index contributed by atoms with van der Waals surface area (Å²) < 4.78 is 5.26. The number of carbonyl (C=O) groups excluding carboxylic acids is 1. The maximum absolute atomic E-state index is 11.5. The average Bonchev–Trinajstić information content (AvgIpc) is 2.55. The lowest BCUT2D eigenvalue weighted by Gasteiger charge is -2.21. The average molecular weight is 200 g/mol. The van der Waals surface area contributed by atoms with Crippen molar-refractivity contribution in [1.29, 1.82) is 0 Å². The molecule has 0 aromatic rings. The van der Waals surface area contributed by atoms with Gasteiger partial charge in [-0.05, 0) is 13.3 Å². The molecule has 0 aromatic carbocycles. The number of carbonyl (C=O) groups is 1. The van der Waals surface area contributed by atoms with E-state index < -0.39 is 0 Å². The van der Waals surface area contributed by atoms with Gasteiger partial charge in [0.15, 0.2) is 0 Å². The summed E-state index contributed by atoms with van der Waals surface area (Å²) in [5.41, 5.74) is 5.57. The Morgan fingerprint density at radius 3 is 2.93 bits per heavy atom. The maximum atomic E-state index is 11.5. The second kappa shape index (κ2) is 5.32. The van der Waals surface area contributed by atoms with E-state index in [1.54, 1.807) is 4.90 Å². The fourth-order valence-electron chi connectivity index (χ4n) is 1.65. The molecule has 1 aliphatic rings. The fraction of sp³-hybridized carbons (Fsp3) is 0.900. The van der Waals surface area contributed by atoms with Gasteiger partial charge in [-0.3, -0.25) is 4.79 Å². The zero-order valence-corrected chi connectivity index (χ0v) is 9.03. The molecule has 1 heterocycles. The highest BCUT2D eigenvalue weighted by Gasteiger charge is 2.20. The molecule has 0 spiro atoms. The third-order valence-electron chi connectivity index (χ3n) is 2.48. The van der Waals surface area contributed by atoms with Crippen LogP contribution in [0.25, 0.3) is 0 Å². The SMILES string of the molecule is CC(N)CC(=O)N(C)CC1CCOC1. The van der Waals surface area contributed by atoms with E-state index in [0.29, 0.717) is 12.3 Å². The Labute approximate surface area is 85.4 Å². The van der Waals surface area contributed by atoms with Gasteiger partial charge in [0, 0.05) is 38.6 Å². The summed E-state index contributed by atoms with van der Waals surface area (Å²) in [6.45, 7) is 4.27. The van der Waals surface area contributed by atoms with Crippen LogP contribution in [0, 0.1) is 5.92 Å². The molecule has 1 saturated heterocycles. The first-order valence-corrected chi connectivity index (χ1v) is 5.17. The predicted octanol–water partition coefficient (Wildman–Crippen LogP) is 0.219. The molecule has 14 heavy (non-hydrogen) atoms.